The Bertz CT molecular complexity index is 1200. The molecule has 3 aromatic rings. The molecule has 0 atom stereocenters. The summed E-state index contributed by atoms with van der Waals surface area (Å²) in [5, 5.41) is 20.3. The molecule has 0 spiro atoms. The molecule has 5 rings (SSSR count). The molecule has 2 aliphatic rings. The second kappa shape index (κ2) is 8.05. The topological polar surface area (TPSA) is 146 Å². The summed E-state index contributed by atoms with van der Waals surface area (Å²) in [4.78, 5) is 39.6. The van der Waals surface area contributed by atoms with Crippen LogP contribution in [0.3, 0.4) is 0 Å². The van der Waals surface area contributed by atoms with Crippen LogP contribution in [0.25, 0.3) is 11.1 Å². The molecule has 33 heavy (non-hydrogen) atoms. The van der Waals surface area contributed by atoms with Gasteiger partial charge < -0.3 is 15.2 Å². The van der Waals surface area contributed by atoms with Crippen molar-refractivity contribution in [2.24, 2.45) is 0 Å². The van der Waals surface area contributed by atoms with Gasteiger partial charge in [-0.1, -0.05) is 48.5 Å². The summed E-state index contributed by atoms with van der Waals surface area (Å²) < 4.78 is 5.44. The summed E-state index contributed by atoms with van der Waals surface area (Å²) >= 11 is 0. The number of carboxylic acids is 1. The average molecular weight is 447 g/mol. The highest BCUT2D eigenvalue weighted by Crippen LogP contribution is 2.44. The summed E-state index contributed by atoms with van der Waals surface area (Å²) in [6, 6.07) is 16.0. The van der Waals surface area contributed by atoms with Gasteiger partial charge in [0.25, 0.3) is 11.9 Å². The largest absolute Gasteiger partial charge is 0.481 e. The number of amides is 2. The van der Waals surface area contributed by atoms with Crippen LogP contribution in [-0.4, -0.2) is 50.4 Å². The molecule has 1 heterocycles. The summed E-state index contributed by atoms with van der Waals surface area (Å²) in [5.41, 5.74) is 3.71. The van der Waals surface area contributed by atoms with Crippen molar-refractivity contribution in [3.05, 3.63) is 65.5 Å². The third-order valence-electron chi connectivity index (χ3n) is 5.98. The highest BCUT2D eigenvalue weighted by Gasteiger charge is 2.46. The molecule has 4 N–H and O–H groups in total. The monoisotopic (exact) mass is 447 g/mol. The number of carboxylic acid groups (broad SMARTS) is 1. The highest BCUT2D eigenvalue weighted by molar-refractivity contribution is 5.92. The lowest BCUT2D eigenvalue weighted by Gasteiger charge is -2.14. The Hall–Kier alpha value is -4.21. The molecule has 2 aliphatic carbocycles. The number of fused-ring (bicyclic) bond motifs is 3. The van der Waals surface area contributed by atoms with E-state index in [9.17, 15) is 14.4 Å². The minimum Gasteiger partial charge on any atom is -0.481 e. The number of ether oxygens (including phenoxy) is 1. The fraction of sp³-hybridized carbons (Fsp3) is 0.261. The lowest BCUT2D eigenvalue weighted by Crippen LogP contribution is -2.39. The van der Waals surface area contributed by atoms with E-state index in [4.69, 9.17) is 9.84 Å². The first-order valence-corrected chi connectivity index (χ1v) is 10.5. The number of rotatable bonds is 7. The number of aromatic amines is 1. The molecule has 0 bridgehead atoms. The Balaban J connectivity index is 1.19. The molecule has 0 unspecified atom stereocenters. The van der Waals surface area contributed by atoms with E-state index < -0.39 is 23.5 Å². The van der Waals surface area contributed by atoms with Gasteiger partial charge >= 0.3 is 12.1 Å². The Morgan fingerprint density at radius 1 is 1.06 bits per heavy atom. The van der Waals surface area contributed by atoms with Gasteiger partial charge in [-0.25, -0.2) is 4.79 Å². The number of hydrogen-bond donors (Lipinski definition) is 4. The van der Waals surface area contributed by atoms with Gasteiger partial charge in [-0.3, -0.25) is 20.0 Å². The molecule has 10 nitrogen and oxygen atoms in total. The van der Waals surface area contributed by atoms with Crippen LogP contribution in [0.5, 0.6) is 0 Å². The van der Waals surface area contributed by atoms with Gasteiger partial charge in [0.15, 0.2) is 0 Å². The van der Waals surface area contributed by atoms with Gasteiger partial charge in [-0.2, -0.15) is 4.98 Å². The van der Waals surface area contributed by atoms with Gasteiger partial charge in [-0.15, -0.1) is 5.10 Å². The maximum absolute atomic E-state index is 12.3. The zero-order valence-electron chi connectivity index (χ0n) is 17.5. The van der Waals surface area contributed by atoms with E-state index in [0.29, 0.717) is 12.8 Å². The second-order valence-corrected chi connectivity index (χ2v) is 8.26. The third kappa shape index (κ3) is 4.14. The predicted molar refractivity (Wildman–Crippen MR) is 117 cm³/mol. The summed E-state index contributed by atoms with van der Waals surface area (Å²) in [5.74, 6) is -1.88. The average Bonchev–Trinajstić information content (AvgIpc) is 3.24. The Morgan fingerprint density at radius 3 is 2.30 bits per heavy atom. The molecule has 0 radical (unpaired) electrons. The number of anilines is 1. The highest BCUT2D eigenvalue weighted by atomic mass is 16.5. The van der Waals surface area contributed by atoms with Crippen molar-refractivity contribution in [2.45, 2.75) is 30.7 Å². The van der Waals surface area contributed by atoms with E-state index in [0.717, 1.165) is 22.3 Å². The molecule has 0 aliphatic heterocycles. The van der Waals surface area contributed by atoms with Crippen LogP contribution < -0.4 is 10.6 Å². The van der Waals surface area contributed by atoms with E-state index >= 15 is 0 Å². The number of aliphatic carboxylic acids is 1. The number of carbonyl (C=O) groups excluding carboxylic acids is 2. The quantitative estimate of drug-likeness (QED) is 0.435. The molecule has 1 saturated carbocycles. The van der Waals surface area contributed by atoms with Crippen LogP contribution in [0, 0.1) is 0 Å². The van der Waals surface area contributed by atoms with Crippen molar-refractivity contribution in [3.8, 4) is 11.1 Å². The van der Waals surface area contributed by atoms with Gasteiger partial charge in [0.1, 0.15) is 6.61 Å². The van der Waals surface area contributed by atoms with Crippen LogP contribution in [-0.2, 0) is 9.53 Å². The molecule has 1 fully saturated rings. The van der Waals surface area contributed by atoms with Crippen LogP contribution in [0.1, 0.15) is 46.9 Å². The molecular weight excluding hydrogens is 426 g/mol. The van der Waals surface area contributed by atoms with Crippen LogP contribution in [0.2, 0.25) is 0 Å². The second-order valence-electron chi connectivity index (χ2n) is 8.26. The third-order valence-corrected chi connectivity index (χ3v) is 5.98. The minimum atomic E-state index is -0.983. The SMILES string of the molecule is O=C(O)CC1(NC(=O)c2nc(NC(=O)OCC3c4ccccc4-c4ccccc43)n[nH]2)CC1. The summed E-state index contributed by atoms with van der Waals surface area (Å²) in [6.45, 7) is 0.134. The number of carbonyl (C=O) groups is 3. The zero-order chi connectivity index (χ0) is 23.0. The predicted octanol–water partition coefficient (Wildman–Crippen LogP) is 2.90. The van der Waals surface area contributed by atoms with Crippen LogP contribution in [0.15, 0.2) is 48.5 Å². The minimum absolute atomic E-state index is 0.0828. The molecule has 1 aromatic heterocycles. The molecule has 2 amide bonds. The van der Waals surface area contributed by atoms with Gasteiger partial charge in [-0.05, 0) is 35.1 Å². The van der Waals surface area contributed by atoms with E-state index in [2.05, 4.69) is 37.9 Å². The first-order chi connectivity index (χ1) is 15.9. The van der Waals surface area contributed by atoms with Crippen LogP contribution in [0.4, 0.5) is 10.7 Å². The molecular formula is C23H21N5O5. The maximum Gasteiger partial charge on any atom is 0.414 e. The Kier molecular flexibility index (Phi) is 5.04. The lowest BCUT2D eigenvalue weighted by molar-refractivity contribution is -0.137. The summed E-state index contributed by atoms with van der Waals surface area (Å²) in [6.07, 6.45) is 0.276. The first-order valence-electron chi connectivity index (χ1n) is 10.5. The molecule has 2 aromatic carbocycles. The van der Waals surface area contributed by atoms with Gasteiger partial charge in [0.05, 0.1) is 12.0 Å². The van der Waals surface area contributed by atoms with Crippen molar-refractivity contribution in [1.82, 2.24) is 20.5 Å². The van der Waals surface area contributed by atoms with Gasteiger partial charge in [0.2, 0.25) is 5.82 Å². The normalized spacial score (nSPS) is 15.3. The fourth-order valence-corrected chi connectivity index (χ4v) is 4.23. The van der Waals surface area contributed by atoms with Crippen LogP contribution >= 0.6 is 0 Å². The molecule has 0 saturated heterocycles. The van der Waals surface area contributed by atoms with E-state index in [1.54, 1.807) is 0 Å². The smallest absolute Gasteiger partial charge is 0.414 e. The van der Waals surface area contributed by atoms with E-state index in [1.165, 1.54) is 0 Å². The van der Waals surface area contributed by atoms with Crippen molar-refractivity contribution < 1.29 is 24.2 Å². The number of benzene rings is 2. The summed E-state index contributed by atoms with van der Waals surface area (Å²) in [7, 11) is 0. The number of aromatic nitrogens is 3. The number of nitrogens with zero attached hydrogens (tertiary/aromatic N) is 2. The maximum atomic E-state index is 12.3. The Morgan fingerprint density at radius 2 is 1.70 bits per heavy atom. The molecule has 168 valence electrons. The standard InChI is InChI=1S/C23H21N5O5/c29-18(30)11-23(9-10-23)26-20(31)19-24-21(28-27-19)25-22(32)33-12-17-15-7-3-1-5-13(15)14-6-2-4-8-16(14)17/h1-8,17H,9-12H2,(H,26,31)(H,29,30)(H2,24,25,27,28,32). The zero-order valence-corrected chi connectivity index (χ0v) is 17.5. The molecule has 10 heteroatoms. The lowest BCUT2D eigenvalue weighted by atomic mass is 9.98. The van der Waals surface area contributed by atoms with Crippen molar-refractivity contribution >= 4 is 23.9 Å². The Labute approximate surface area is 188 Å². The number of nitrogens with one attached hydrogen (secondary N) is 3. The van der Waals surface area contributed by atoms with Crippen molar-refractivity contribution in [2.75, 3.05) is 11.9 Å². The van der Waals surface area contributed by atoms with Crippen molar-refractivity contribution in [1.29, 1.82) is 0 Å². The van der Waals surface area contributed by atoms with Crippen molar-refractivity contribution in [3.63, 3.8) is 0 Å². The first kappa shape index (κ1) is 20.7. The number of H-pyrrole nitrogens is 1. The van der Waals surface area contributed by atoms with E-state index in [1.807, 2.05) is 36.4 Å². The van der Waals surface area contributed by atoms with E-state index in [-0.39, 0.29) is 30.7 Å². The van der Waals surface area contributed by atoms with Gasteiger partial charge in [0, 0.05) is 5.92 Å². The fourth-order valence-electron chi connectivity index (χ4n) is 4.23. The number of hydrogen-bond acceptors (Lipinski definition) is 6.